The van der Waals surface area contributed by atoms with Crippen LogP contribution < -0.4 is 0 Å². The molecule has 1 fully saturated rings. The zero-order valence-corrected chi connectivity index (χ0v) is 11.1. The molecule has 1 saturated heterocycles. The quantitative estimate of drug-likeness (QED) is 0.868. The van der Waals surface area contributed by atoms with Crippen molar-refractivity contribution >= 4 is 5.91 Å². The molecule has 1 aromatic rings. The van der Waals surface area contributed by atoms with Gasteiger partial charge in [-0.25, -0.2) is 0 Å². The maximum atomic E-state index is 12.3. The van der Waals surface area contributed by atoms with Gasteiger partial charge in [0.15, 0.2) is 0 Å². The van der Waals surface area contributed by atoms with Crippen LogP contribution in [0.1, 0.15) is 32.3 Å². The van der Waals surface area contributed by atoms with Gasteiger partial charge < -0.3 is 10.0 Å². The topological polar surface area (TPSA) is 40.5 Å². The van der Waals surface area contributed by atoms with Crippen LogP contribution in [0.2, 0.25) is 0 Å². The minimum atomic E-state index is -0.377. The Kier molecular flexibility index (Phi) is 3.71. The molecular formula is C15H21NO2. The lowest BCUT2D eigenvalue weighted by Crippen LogP contribution is -2.55. The van der Waals surface area contributed by atoms with Crippen LogP contribution in [0.5, 0.6) is 0 Å². The fourth-order valence-electron chi connectivity index (χ4n) is 2.51. The molecule has 1 aliphatic rings. The number of carbonyl (C=O) groups excluding carboxylic acids is 1. The highest BCUT2D eigenvalue weighted by atomic mass is 16.3. The number of aliphatic hydroxyl groups is 1. The molecule has 0 radical (unpaired) electrons. The second-order valence-electron chi connectivity index (χ2n) is 5.67. The molecule has 1 heterocycles. The van der Waals surface area contributed by atoms with E-state index in [0.29, 0.717) is 13.0 Å². The molecule has 3 nitrogen and oxygen atoms in total. The first-order valence-electron chi connectivity index (χ1n) is 6.51. The second kappa shape index (κ2) is 5.11. The predicted octanol–water partition coefficient (Wildman–Crippen LogP) is 1.99. The van der Waals surface area contributed by atoms with Crippen molar-refractivity contribution < 1.29 is 9.90 Å². The van der Waals surface area contributed by atoms with Crippen LogP contribution in [0.15, 0.2) is 30.3 Å². The molecular weight excluding hydrogens is 226 g/mol. The number of hydrogen-bond donors (Lipinski definition) is 1. The summed E-state index contributed by atoms with van der Waals surface area (Å²) in [6.07, 6.45) is 1.67. The van der Waals surface area contributed by atoms with E-state index in [2.05, 4.69) is 13.8 Å². The molecule has 0 spiro atoms. The third-order valence-electron chi connectivity index (χ3n) is 3.71. The summed E-state index contributed by atoms with van der Waals surface area (Å²) >= 11 is 0. The first-order chi connectivity index (χ1) is 8.49. The summed E-state index contributed by atoms with van der Waals surface area (Å²) in [5, 5.41) is 9.73. The first-order valence-corrected chi connectivity index (χ1v) is 6.51. The number of aliphatic hydroxyl groups excluding tert-OH is 1. The van der Waals surface area contributed by atoms with Crippen LogP contribution in [0, 0.1) is 0 Å². The molecule has 0 saturated carbocycles. The van der Waals surface area contributed by atoms with Crippen LogP contribution >= 0.6 is 0 Å². The Hall–Kier alpha value is -1.35. The van der Waals surface area contributed by atoms with E-state index in [0.717, 1.165) is 18.4 Å². The molecule has 1 N–H and O–H groups in total. The van der Waals surface area contributed by atoms with E-state index >= 15 is 0 Å². The SMILES string of the molecule is CC1(C)CCC(O)CN1C(=O)Cc1ccccc1. The van der Waals surface area contributed by atoms with E-state index in [1.807, 2.05) is 35.2 Å². The molecule has 3 heteroatoms. The number of amides is 1. The molecule has 1 unspecified atom stereocenters. The van der Waals surface area contributed by atoms with Crippen molar-refractivity contribution in [1.82, 2.24) is 4.90 Å². The number of benzene rings is 1. The Morgan fingerprint density at radius 3 is 2.72 bits per heavy atom. The molecule has 0 bridgehead atoms. The van der Waals surface area contributed by atoms with E-state index in [4.69, 9.17) is 0 Å². The molecule has 18 heavy (non-hydrogen) atoms. The van der Waals surface area contributed by atoms with Crippen molar-refractivity contribution in [3.63, 3.8) is 0 Å². The number of likely N-dealkylation sites (tertiary alicyclic amines) is 1. The summed E-state index contributed by atoms with van der Waals surface area (Å²) in [6.45, 7) is 4.60. The highest BCUT2D eigenvalue weighted by molar-refractivity contribution is 5.79. The van der Waals surface area contributed by atoms with E-state index < -0.39 is 0 Å². The van der Waals surface area contributed by atoms with Gasteiger partial charge in [-0.15, -0.1) is 0 Å². The number of rotatable bonds is 2. The summed E-state index contributed by atoms with van der Waals surface area (Å²) < 4.78 is 0. The van der Waals surface area contributed by atoms with Crippen molar-refractivity contribution in [3.05, 3.63) is 35.9 Å². The summed E-state index contributed by atoms with van der Waals surface area (Å²) in [5.74, 6) is 0.102. The minimum Gasteiger partial charge on any atom is -0.391 e. The number of carbonyl (C=O) groups is 1. The number of nitrogens with zero attached hydrogens (tertiary/aromatic N) is 1. The minimum absolute atomic E-state index is 0.102. The lowest BCUT2D eigenvalue weighted by Gasteiger charge is -2.44. The fourth-order valence-corrected chi connectivity index (χ4v) is 2.51. The normalized spacial score (nSPS) is 22.8. The lowest BCUT2D eigenvalue weighted by molar-refractivity contribution is -0.141. The van der Waals surface area contributed by atoms with Gasteiger partial charge in [-0.3, -0.25) is 4.79 Å². The second-order valence-corrected chi connectivity index (χ2v) is 5.67. The van der Waals surface area contributed by atoms with Gasteiger partial charge in [0.05, 0.1) is 12.5 Å². The van der Waals surface area contributed by atoms with Crippen molar-refractivity contribution in [1.29, 1.82) is 0 Å². The molecule has 1 aliphatic heterocycles. The summed E-state index contributed by atoms with van der Waals surface area (Å²) in [4.78, 5) is 14.2. The zero-order valence-electron chi connectivity index (χ0n) is 11.1. The van der Waals surface area contributed by atoms with Gasteiger partial charge in [-0.2, -0.15) is 0 Å². The Bertz CT molecular complexity index is 414. The summed E-state index contributed by atoms with van der Waals surface area (Å²) in [6, 6.07) is 9.76. The van der Waals surface area contributed by atoms with Crippen LogP contribution in [-0.4, -0.2) is 34.1 Å². The molecule has 98 valence electrons. The van der Waals surface area contributed by atoms with Gasteiger partial charge in [-0.1, -0.05) is 30.3 Å². The number of piperidine rings is 1. The van der Waals surface area contributed by atoms with E-state index in [1.54, 1.807) is 0 Å². The number of β-amino-alcohol motifs (C(OH)–C–C–N with tert-alkyl or cyclic N) is 1. The predicted molar refractivity (Wildman–Crippen MR) is 71.2 cm³/mol. The molecule has 0 aromatic heterocycles. The largest absolute Gasteiger partial charge is 0.391 e. The Balaban J connectivity index is 2.07. The fraction of sp³-hybridized carbons (Fsp3) is 0.533. The van der Waals surface area contributed by atoms with Gasteiger partial charge in [0.25, 0.3) is 0 Å². The third-order valence-corrected chi connectivity index (χ3v) is 3.71. The Morgan fingerprint density at radius 2 is 2.06 bits per heavy atom. The smallest absolute Gasteiger partial charge is 0.227 e. The van der Waals surface area contributed by atoms with Gasteiger partial charge >= 0.3 is 0 Å². The van der Waals surface area contributed by atoms with Crippen molar-refractivity contribution in [2.45, 2.75) is 44.8 Å². The average molecular weight is 247 g/mol. The standard InChI is InChI=1S/C15H21NO2/c1-15(2)9-8-13(17)11-16(15)14(18)10-12-6-4-3-5-7-12/h3-7,13,17H,8-11H2,1-2H3. The monoisotopic (exact) mass is 247 g/mol. The van der Waals surface area contributed by atoms with Crippen molar-refractivity contribution in [2.24, 2.45) is 0 Å². The lowest BCUT2D eigenvalue weighted by atomic mass is 9.88. The average Bonchev–Trinajstić information content (AvgIpc) is 2.33. The van der Waals surface area contributed by atoms with Gasteiger partial charge in [-0.05, 0) is 32.3 Å². The van der Waals surface area contributed by atoms with Crippen LogP contribution in [0.25, 0.3) is 0 Å². The summed E-state index contributed by atoms with van der Waals surface area (Å²) in [5.41, 5.74) is 0.879. The van der Waals surface area contributed by atoms with Crippen LogP contribution in [0.4, 0.5) is 0 Å². The highest BCUT2D eigenvalue weighted by Gasteiger charge is 2.36. The van der Waals surface area contributed by atoms with Crippen molar-refractivity contribution in [2.75, 3.05) is 6.54 Å². The molecule has 0 aliphatic carbocycles. The highest BCUT2D eigenvalue weighted by Crippen LogP contribution is 2.28. The molecule has 1 aromatic carbocycles. The van der Waals surface area contributed by atoms with E-state index in [-0.39, 0.29) is 17.6 Å². The summed E-state index contributed by atoms with van der Waals surface area (Å²) in [7, 11) is 0. The van der Waals surface area contributed by atoms with Gasteiger partial charge in [0.1, 0.15) is 0 Å². The maximum absolute atomic E-state index is 12.3. The molecule has 2 rings (SSSR count). The third kappa shape index (κ3) is 2.91. The molecule has 1 atom stereocenters. The van der Waals surface area contributed by atoms with E-state index in [9.17, 15) is 9.90 Å². The maximum Gasteiger partial charge on any atom is 0.227 e. The zero-order chi connectivity index (χ0) is 13.2. The first kappa shape index (κ1) is 13.1. The molecule has 1 amide bonds. The Morgan fingerprint density at radius 1 is 1.39 bits per heavy atom. The van der Waals surface area contributed by atoms with Gasteiger partial charge in [0, 0.05) is 12.1 Å². The number of hydrogen-bond acceptors (Lipinski definition) is 2. The van der Waals surface area contributed by atoms with Gasteiger partial charge in [0.2, 0.25) is 5.91 Å². The Labute approximate surface area is 108 Å². The van der Waals surface area contributed by atoms with E-state index in [1.165, 1.54) is 0 Å². The van der Waals surface area contributed by atoms with Crippen LogP contribution in [-0.2, 0) is 11.2 Å². The van der Waals surface area contributed by atoms with Crippen LogP contribution in [0.3, 0.4) is 0 Å². The van der Waals surface area contributed by atoms with Crippen molar-refractivity contribution in [3.8, 4) is 0 Å².